The highest BCUT2D eigenvalue weighted by Crippen LogP contribution is 2.25. The van der Waals surface area contributed by atoms with Crippen LogP contribution >= 0.6 is 11.6 Å². The molecule has 0 unspecified atom stereocenters. The predicted molar refractivity (Wildman–Crippen MR) is 51.9 cm³/mol. The third kappa shape index (κ3) is 3.43. The second-order valence-corrected chi connectivity index (χ2v) is 3.12. The molecule has 0 aliphatic carbocycles. The largest absolute Gasteiger partial charge is 0.349 e. The van der Waals surface area contributed by atoms with Crippen molar-refractivity contribution in [1.82, 2.24) is 10.3 Å². The molecule has 0 saturated carbocycles. The van der Waals surface area contributed by atoms with Crippen LogP contribution in [0.3, 0.4) is 0 Å². The Kier molecular flexibility index (Phi) is 3.96. The molecule has 1 heterocycles. The lowest BCUT2D eigenvalue weighted by molar-refractivity contribution is -0.120. The molecule has 82 valence electrons. The molecule has 6 heteroatoms. The lowest BCUT2D eigenvalue weighted by Crippen LogP contribution is -2.35. The average molecular weight is 235 g/mol. The summed E-state index contributed by atoms with van der Waals surface area (Å²) in [6.45, 7) is -0.774. The molecular weight excluding hydrogens is 226 g/mol. The van der Waals surface area contributed by atoms with Gasteiger partial charge in [0.1, 0.15) is 5.88 Å². The second-order valence-electron chi connectivity index (χ2n) is 2.86. The summed E-state index contributed by atoms with van der Waals surface area (Å²) in [7, 11) is 0. The molecule has 0 bridgehead atoms. The topological polar surface area (TPSA) is 42.0 Å². The van der Waals surface area contributed by atoms with E-state index in [0.717, 1.165) is 6.20 Å². The number of nitrogens with one attached hydrogen (secondary N) is 1. The van der Waals surface area contributed by atoms with Crippen molar-refractivity contribution in [2.45, 2.75) is 5.92 Å². The van der Waals surface area contributed by atoms with Gasteiger partial charge < -0.3 is 5.32 Å². The minimum absolute atomic E-state index is 0.236. The number of amides is 1. The summed E-state index contributed by atoms with van der Waals surface area (Å²) in [5.74, 6) is -4.08. The molecule has 1 N–H and O–H groups in total. The molecule has 0 spiro atoms. The molecule has 0 aromatic carbocycles. The number of aromatic nitrogens is 1. The second kappa shape index (κ2) is 5.02. The lowest BCUT2D eigenvalue weighted by atomic mass is 10.1. The molecular formula is C9H9ClF2N2O. The normalized spacial score (nSPS) is 11.1. The number of nitrogens with zero attached hydrogens (tertiary/aromatic N) is 1. The minimum Gasteiger partial charge on any atom is -0.349 e. The van der Waals surface area contributed by atoms with Gasteiger partial charge in [-0.3, -0.25) is 9.78 Å². The van der Waals surface area contributed by atoms with Crippen LogP contribution < -0.4 is 5.32 Å². The Morgan fingerprint density at radius 3 is 2.87 bits per heavy atom. The molecule has 0 radical (unpaired) electrons. The van der Waals surface area contributed by atoms with Crippen molar-refractivity contribution in [3.8, 4) is 0 Å². The van der Waals surface area contributed by atoms with Crippen LogP contribution in [0.15, 0.2) is 24.5 Å². The first-order chi connectivity index (χ1) is 7.06. The van der Waals surface area contributed by atoms with Gasteiger partial charge in [-0.15, -0.1) is 11.6 Å². The van der Waals surface area contributed by atoms with Crippen LogP contribution in [0.2, 0.25) is 0 Å². The molecule has 15 heavy (non-hydrogen) atoms. The van der Waals surface area contributed by atoms with Crippen molar-refractivity contribution < 1.29 is 13.6 Å². The van der Waals surface area contributed by atoms with E-state index in [1.807, 2.05) is 5.32 Å². The highest BCUT2D eigenvalue weighted by molar-refractivity contribution is 6.27. The van der Waals surface area contributed by atoms with Crippen LogP contribution in [-0.4, -0.2) is 23.3 Å². The number of hydrogen-bond acceptors (Lipinski definition) is 2. The van der Waals surface area contributed by atoms with E-state index in [4.69, 9.17) is 11.6 Å². The predicted octanol–water partition coefficient (Wildman–Crippen LogP) is 1.53. The van der Waals surface area contributed by atoms with Gasteiger partial charge in [0.05, 0.1) is 6.54 Å². The summed E-state index contributed by atoms with van der Waals surface area (Å²) in [5.41, 5.74) is -0.236. The fourth-order valence-electron chi connectivity index (χ4n) is 0.938. The summed E-state index contributed by atoms with van der Waals surface area (Å²) in [5, 5.41) is 2.02. The highest BCUT2D eigenvalue weighted by atomic mass is 35.5. The van der Waals surface area contributed by atoms with Gasteiger partial charge in [-0.25, -0.2) is 0 Å². The number of carbonyl (C=O) groups is 1. The van der Waals surface area contributed by atoms with Gasteiger partial charge in [-0.05, 0) is 12.1 Å². The Morgan fingerprint density at radius 1 is 1.60 bits per heavy atom. The summed E-state index contributed by atoms with van der Waals surface area (Å²) < 4.78 is 26.7. The van der Waals surface area contributed by atoms with Gasteiger partial charge in [-0.1, -0.05) is 0 Å². The first-order valence-electron chi connectivity index (χ1n) is 4.17. The molecule has 0 fully saturated rings. The zero-order valence-electron chi connectivity index (χ0n) is 7.71. The third-order valence-electron chi connectivity index (χ3n) is 1.71. The lowest BCUT2D eigenvalue weighted by Gasteiger charge is -2.16. The van der Waals surface area contributed by atoms with Crippen LogP contribution in [0.1, 0.15) is 5.56 Å². The van der Waals surface area contributed by atoms with E-state index in [2.05, 4.69) is 4.98 Å². The summed E-state index contributed by atoms with van der Waals surface area (Å²) in [4.78, 5) is 14.3. The SMILES string of the molecule is O=C(CCl)NCC(F)(F)c1cccnc1. The Morgan fingerprint density at radius 2 is 2.33 bits per heavy atom. The number of carbonyl (C=O) groups excluding carboxylic acids is 1. The molecule has 1 aromatic heterocycles. The molecule has 0 aliphatic rings. The van der Waals surface area contributed by atoms with Crippen molar-refractivity contribution in [2.24, 2.45) is 0 Å². The van der Waals surface area contributed by atoms with Gasteiger partial charge in [0, 0.05) is 18.0 Å². The standard InChI is InChI=1S/C9H9ClF2N2O/c10-4-8(15)14-6-9(11,12)7-2-1-3-13-5-7/h1-3,5H,4,6H2,(H,14,15). The molecule has 1 rings (SSSR count). The summed E-state index contributed by atoms with van der Waals surface area (Å²) in [6, 6.07) is 2.66. The number of alkyl halides is 3. The average Bonchev–Trinajstić information content (AvgIpc) is 2.27. The van der Waals surface area contributed by atoms with Crippen LogP contribution in [0.25, 0.3) is 0 Å². The van der Waals surface area contributed by atoms with Gasteiger partial charge >= 0.3 is 0 Å². The van der Waals surface area contributed by atoms with Crippen molar-refractivity contribution in [2.75, 3.05) is 12.4 Å². The van der Waals surface area contributed by atoms with Crippen molar-refractivity contribution in [1.29, 1.82) is 0 Å². The van der Waals surface area contributed by atoms with Crippen molar-refractivity contribution in [3.63, 3.8) is 0 Å². The van der Waals surface area contributed by atoms with E-state index in [-0.39, 0.29) is 11.4 Å². The fraction of sp³-hybridized carbons (Fsp3) is 0.333. The van der Waals surface area contributed by atoms with Crippen molar-refractivity contribution >= 4 is 17.5 Å². The van der Waals surface area contributed by atoms with Crippen LogP contribution in [0, 0.1) is 0 Å². The summed E-state index contributed by atoms with van der Waals surface area (Å²) >= 11 is 5.16. The quantitative estimate of drug-likeness (QED) is 0.803. The third-order valence-corrected chi connectivity index (χ3v) is 1.96. The van der Waals surface area contributed by atoms with E-state index in [1.165, 1.54) is 18.3 Å². The Balaban J connectivity index is 2.63. The first kappa shape index (κ1) is 11.8. The molecule has 1 amide bonds. The zero-order chi connectivity index (χ0) is 11.3. The maximum Gasteiger partial charge on any atom is 0.291 e. The van der Waals surface area contributed by atoms with Crippen molar-refractivity contribution in [3.05, 3.63) is 30.1 Å². The van der Waals surface area contributed by atoms with Crippen LogP contribution in [0.5, 0.6) is 0 Å². The minimum atomic E-state index is -3.13. The van der Waals surface area contributed by atoms with Crippen LogP contribution in [-0.2, 0) is 10.7 Å². The monoisotopic (exact) mass is 234 g/mol. The number of halogens is 3. The van der Waals surface area contributed by atoms with E-state index in [0.29, 0.717) is 0 Å². The van der Waals surface area contributed by atoms with E-state index < -0.39 is 18.4 Å². The molecule has 0 aliphatic heterocycles. The van der Waals surface area contributed by atoms with E-state index in [9.17, 15) is 13.6 Å². The fourth-order valence-corrected chi connectivity index (χ4v) is 1.03. The molecule has 0 saturated heterocycles. The van der Waals surface area contributed by atoms with E-state index in [1.54, 1.807) is 0 Å². The molecule has 3 nitrogen and oxygen atoms in total. The van der Waals surface area contributed by atoms with Gasteiger partial charge in [0.15, 0.2) is 0 Å². The maximum absolute atomic E-state index is 13.4. The van der Waals surface area contributed by atoms with Gasteiger partial charge in [-0.2, -0.15) is 8.78 Å². The van der Waals surface area contributed by atoms with E-state index >= 15 is 0 Å². The Hall–Kier alpha value is -1.23. The molecule has 1 aromatic rings. The first-order valence-corrected chi connectivity index (χ1v) is 4.70. The Labute approximate surface area is 90.5 Å². The number of rotatable bonds is 4. The van der Waals surface area contributed by atoms with Gasteiger partial charge in [0.2, 0.25) is 5.91 Å². The smallest absolute Gasteiger partial charge is 0.291 e. The Bertz CT molecular complexity index is 332. The van der Waals surface area contributed by atoms with Gasteiger partial charge in [0.25, 0.3) is 5.92 Å². The maximum atomic E-state index is 13.4. The van der Waals surface area contributed by atoms with Crippen LogP contribution in [0.4, 0.5) is 8.78 Å². The summed E-state index contributed by atoms with van der Waals surface area (Å²) in [6.07, 6.45) is 2.46. The number of hydrogen-bond donors (Lipinski definition) is 1. The zero-order valence-corrected chi connectivity index (χ0v) is 8.47. The highest BCUT2D eigenvalue weighted by Gasteiger charge is 2.31. The molecule has 0 atom stereocenters. The number of pyridine rings is 1.